The van der Waals surface area contributed by atoms with Gasteiger partial charge in [0.15, 0.2) is 0 Å². The van der Waals surface area contributed by atoms with Gasteiger partial charge >= 0.3 is 0 Å². The van der Waals surface area contributed by atoms with Crippen molar-refractivity contribution in [2.45, 2.75) is 89.9 Å². The molecule has 1 aromatic rings. The van der Waals surface area contributed by atoms with Crippen molar-refractivity contribution in [1.29, 1.82) is 0 Å². The zero-order chi connectivity index (χ0) is 19.4. The minimum absolute atomic E-state index is 0.676. The van der Waals surface area contributed by atoms with Crippen LogP contribution >= 0.6 is 0 Å². The zero-order valence-corrected chi connectivity index (χ0v) is 17.9. The van der Waals surface area contributed by atoms with E-state index in [-0.39, 0.29) is 0 Å². The number of hydrogen-bond donors (Lipinski definition) is 0. The summed E-state index contributed by atoms with van der Waals surface area (Å²) in [6.45, 7) is 4.38. The van der Waals surface area contributed by atoms with E-state index in [0.29, 0.717) is 5.92 Å². The number of hydrogen-bond acceptors (Lipinski definition) is 0. The molecule has 0 bridgehead atoms. The zero-order valence-electron chi connectivity index (χ0n) is 17.9. The minimum Gasteiger partial charge on any atom is -0.0998 e. The van der Waals surface area contributed by atoms with Crippen molar-refractivity contribution in [3.63, 3.8) is 0 Å². The van der Waals surface area contributed by atoms with Gasteiger partial charge in [0.25, 0.3) is 0 Å². The van der Waals surface area contributed by atoms with E-state index in [1.165, 1.54) is 93.8 Å². The first-order chi connectivity index (χ1) is 13.8. The summed E-state index contributed by atoms with van der Waals surface area (Å²) in [4.78, 5) is 0. The van der Waals surface area contributed by atoms with E-state index in [9.17, 15) is 0 Å². The molecule has 0 radical (unpaired) electrons. The molecule has 3 rings (SSSR count). The molecule has 1 fully saturated rings. The second-order valence-electron chi connectivity index (χ2n) is 9.18. The van der Waals surface area contributed by atoms with Crippen molar-refractivity contribution in [3.8, 4) is 0 Å². The lowest BCUT2D eigenvalue weighted by Crippen LogP contribution is -2.05. The highest BCUT2D eigenvalue weighted by atomic mass is 14.2. The predicted molar refractivity (Wildman–Crippen MR) is 124 cm³/mol. The molecule has 0 N–H and O–H groups in total. The van der Waals surface area contributed by atoms with Crippen LogP contribution in [0, 0.1) is 11.8 Å². The Morgan fingerprint density at radius 2 is 1.75 bits per heavy atom. The first-order valence-electron chi connectivity index (χ1n) is 11.9. The fraction of sp³-hybridized carbons (Fsp3) is 0.571. The number of allylic oxidation sites excluding steroid dienone is 5. The highest BCUT2D eigenvalue weighted by Crippen LogP contribution is 2.29. The minimum atomic E-state index is 0.676. The van der Waals surface area contributed by atoms with Gasteiger partial charge in [0, 0.05) is 0 Å². The van der Waals surface area contributed by atoms with Gasteiger partial charge in [0.05, 0.1) is 0 Å². The van der Waals surface area contributed by atoms with E-state index in [1.54, 1.807) is 0 Å². The molecule has 152 valence electrons. The average molecular weight is 377 g/mol. The Morgan fingerprint density at radius 1 is 0.929 bits per heavy atom. The molecular formula is C28H40. The van der Waals surface area contributed by atoms with E-state index in [4.69, 9.17) is 0 Å². The summed E-state index contributed by atoms with van der Waals surface area (Å²) in [7, 11) is 0. The van der Waals surface area contributed by atoms with Crippen molar-refractivity contribution < 1.29 is 0 Å². The number of aryl methyl sites for hydroxylation is 1. The van der Waals surface area contributed by atoms with Crippen LogP contribution in [0.4, 0.5) is 0 Å². The predicted octanol–water partition coefficient (Wildman–Crippen LogP) is 8.60. The molecule has 0 aliphatic heterocycles. The molecule has 0 aromatic heterocycles. The van der Waals surface area contributed by atoms with Crippen LogP contribution in [-0.4, -0.2) is 0 Å². The molecule has 2 aliphatic carbocycles. The van der Waals surface area contributed by atoms with Gasteiger partial charge in [-0.05, 0) is 55.9 Å². The Bertz CT molecular complexity index is 627. The lowest BCUT2D eigenvalue weighted by molar-refractivity contribution is 0.328. The van der Waals surface area contributed by atoms with Crippen LogP contribution < -0.4 is 0 Å². The maximum Gasteiger partial charge on any atom is -0.0158 e. The van der Waals surface area contributed by atoms with E-state index in [2.05, 4.69) is 55.1 Å². The summed E-state index contributed by atoms with van der Waals surface area (Å²) < 4.78 is 0. The molecule has 0 spiro atoms. The normalized spacial score (nSPS) is 20.1. The Morgan fingerprint density at radius 3 is 2.50 bits per heavy atom. The molecule has 0 amide bonds. The molecule has 0 saturated heterocycles. The van der Waals surface area contributed by atoms with E-state index >= 15 is 0 Å². The average Bonchev–Trinajstić information content (AvgIpc) is 2.74. The van der Waals surface area contributed by atoms with Gasteiger partial charge < -0.3 is 0 Å². The van der Waals surface area contributed by atoms with Gasteiger partial charge in [-0.2, -0.15) is 0 Å². The summed E-state index contributed by atoms with van der Waals surface area (Å²) >= 11 is 0. The van der Waals surface area contributed by atoms with Crippen LogP contribution in [0.5, 0.6) is 0 Å². The van der Waals surface area contributed by atoms with Gasteiger partial charge in [0.1, 0.15) is 0 Å². The summed E-state index contributed by atoms with van der Waals surface area (Å²) in [5, 5.41) is 0. The van der Waals surface area contributed by atoms with Gasteiger partial charge in [-0.3, -0.25) is 0 Å². The molecule has 2 aliphatic rings. The smallest absolute Gasteiger partial charge is 0.0158 e. The molecule has 0 heteroatoms. The maximum atomic E-state index is 4.38. The SMILES string of the molecule is C=C(CCCCCC1CCCCC1)CC1C=CC(CCc2ccccc2)=CC1. The first-order valence-corrected chi connectivity index (χ1v) is 11.9. The number of benzene rings is 1. The summed E-state index contributed by atoms with van der Waals surface area (Å²) in [5.74, 6) is 1.72. The van der Waals surface area contributed by atoms with Crippen LogP contribution in [-0.2, 0) is 6.42 Å². The highest BCUT2D eigenvalue weighted by molar-refractivity contribution is 5.26. The van der Waals surface area contributed by atoms with E-state index in [0.717, 1.165) is 18.8 Å². The van der Waals surface area contributed by atoms with Crippen molar-refractivity contribution in [3.05, 3.63) is 71.8 Å². The molecule has 1 unspecified atom stereocenters. The third-order valence-electron chi connectivity index (χ3n) is 6.73. The largest absolute Gasteiger partial charge is 0.0998 e. The summed E-state index contributed by atoms with van der Waals surface area (Å²) in [5.41, 5.74) is 4.41. The van der Waals surface area contributed by atoms with E-state index < -0.39 is 0 Å². The molecule has 1 aromatic carbocycles. The van der Waals surface area contributed by atoms with Crippen LogP contribution in [0.2, 0.25) is 0 Å². The molecular weight excluding hydrogens is 336 g/mol. The quantitative estimate of drug-likeness (QED) is 0.268. The van der Waals surface area contributed by atoms with Gasteiger partial charge in [-0.15, -0.1) is 0 Å². The lowest BCUT2D eigenvalue weighted by Gasteiger charge is -2.21. The van der Waals surface area contributed by atoms with Crippen LogP contribution in [0.1, 0.15) is 89.0 Å². The topological polar surface area (TPSA) is 0 Å². The summed E-state index contributed by atoms with van der Waals surface area (Å²) in [6.07, 6.45) is 26.3. The lowest BCUT2D eigenvalue weighted by atomic mass is 9.85. The maximum absolute atomic E-state index is 4.38. The van der Waals surface area contributed by atoms with Crippen LogP contribution in [0.15, 0.2) is 66.3 Å². The number of unbranched alkanes of at least 4 members (excludes halogenated alkanes) is 2. The van der Waals surface area contributed by atoms with Crippen molar-refractivity contribution in [2.24, 2.45) is 11.8 Å². The second kappa shape index (κ2) is 12.1. The number of rotatable bonds is 11. The van der Waals surface area contributed by atoms with Gasteiger partial charge in [0.2, 0.25) is 0 Å². The summed E-state index contributed by atoms with van der Waals surface area (Å²) in [6, 6.07) is 10.8. The van der Waals surface area contributed by atoms with E-state index in [1.807, 2.05) is 0 Å². The van der Waals surface area contributed by atoms with Crippen molar-refractivity contribution in [1.82, 2.24) is 0 Å². The molecule has 0 heterocycles. The third-order valence-corrected chi connectivity index (χ3v) is 6.73. The van der Waals surface area contributed by atoms with Gasteiger partial charge in [-0.25, -0.2) is 0 Å². The van der Waals surface area contributed by atoms with Gasteiger partial charge in [-0.1, -0.05) is 118 Å². The Hall–Kier alpha value is -1.56. The standard InChI is InChI=1S/C28H40/c1-24(11-5-2-6-12-25-13-7-3-8-14-25)23-28-21-19-27(20-22-28)18-17-26-15-9-4-10-16-26/h4,9-10,15-16,19-21,25,28H,1-3,5-8,11-14,17-18,22-23H2. The van der Waals surface area contributed by atoms with Crippen molar-refractivity contribution in [2.75, 3.05) is 0 Å². The third kappa shape index (κ3) is 7.82. The molecule has 0 nitrogen and oxygen atoms in total. The molecule has 1 atom stereocenters. The fourth-order valence-electron chi connectivity index (χ4n) is 4.91. The van der Waals surface area contributed by atoms with Crippen LogP contribution in [0.25, 0.3) is 0 Å². The monoisotopic (exact) mass is 376 g/mol. The Balaban J connectivity index is 1.24. The first kappa shape index (κ1) is 21.2. The Kier molecular flexibility index (Phi) is 9.14. The molecule has 1 saturated carbocycles. The highest BCUT2D eigenvalue weighted by Gasteiger charge is 2.13. The van der Waals surface area contributed by atoms with Crippen LogP contribution in [0.3, 0.4) is 0 Å². The van der Waals surface area contributed by atoms with Crippen molar-refractivity contribution >= 4 is 0 Å². The fourth-order valence-corrected chi connectivity index (χ4v) is 4.91. The molecule has 28 heavy (non-hydrogen) atoms. The Labute approximate surface area is 173 Å². The second-order valence-corrected chi connectivity index (χ2v) is 9.18.